The largest absolute Gasteiger partial charge is 0.406 e. The molecule has 1 unspecified atom stereocenters. The molecule has 1 atom stereocenters. The van der Waals surface area contributed by atoms with Crippen molar-refractivity contribution in [3.05, 3.63) is 0 Å². The van der Waals surface area contributed by atoms with Gasteiger partial charge in [-0.2, -0.15) is 26.0 Å². The zero-order valence-electron chi connectivity index (χ0n) is 8.99. The Morgan fingerprint density at radius 2 is 1.33 bits per heavy atom. The van der Waals surface area contributed by atoms with Crippen molar-refractivity contribution in [2.24, 2.45) is 0 Å². The van der Waals surface area contributed by atoms with Crippen molar-refractivity contribution in [3.63, 3.8) is 0 Å². The molecule has 0 spiro atoms. The summed E-state index contributed by atoms with van der Waals surface area (Å²) in [5.74, 6) is -5.51. The highest BCUT2D eigenvalue weighted by molar-refractivity contribution is 7.91. The standard InChI is InChI=1S/C6H9F5O5S2/c1-4(7,18(14,15)16)3-5(8,9)6(10,11)17(2,12)13/h3H2,1-2H3,(H,14,15,16). The smallest absolute Gasteiger partial charge is 0.283 e. The SMILES string of the molecule is CC(F)(CC(F)(F)C(F)(F)S(C)(=O)=O)S(=O)(=O)O. The average Bonchev–Trinajstić information content (AvgIpc) is 1.96. The quantitative estimate of drug-likeness (QED) is 0.608. The predicted octanol–water partition coefficient (Wildman–Crippen LogP) is 1.22. The van der Waals surface area contributed by atoms with Crippen LogP contribution < -0.4 is 0 Å². The molecular weight excluding hydrogens is 311 g/mol. The van der Waals surface area contributed by atoms with Crippen molar-refractivity contribution >= 4 is 20.0 Å². The summed E-state index contributed by atoms with van der Waals surface area (Å²) in [6, 6.07) is 0. The predicted molar refractivity (Wildman–Crippen MR) is 50.4 cm³/mol. The Kier molecular flexibility index (Phi) is 4.15. The molecule has 0 aliphatic carbocycles. The van der Waals surface area contributed by atoms with Crippen LogP contribution in [0.5, 0.6) is 0 Å². The van der Waals surface area contributed by atoms with Gasteiger partial charge < -0.3 is 0 Å². The Morgan fingerprint density at radius 1 is 1.00 bits per heavy atom. The summed E-state index contributed by atoms with van der Waals surface area (Å²) in [6.07, 6.45) is -2.93. The van der Waals surface area contributed by atoms with Gasteiger partial charge in [-0.1, -0.05) is 0 Å². The van der Waals surface area contributed by atoms with Crippen molar-refractivity contribution in [2.75, 3.05) is 6.26 Å². The Labute approximate surface area is 99.6 Å². The monoisotopic (exact) mass is 320 g/mol. The van der Waals surface area contributed by atoms with E-state index in [0.717, 1.165) is 0 Å². The lowest BCUT2D eigenvalue weighted by Gasteiger charge is -2.28. The fraction of sp³-hybridized carbons (Fsp3) is 1.00. The molecule has 0 radical (unpaired) electrons. The molecule has 0 aliphatic rings. The van der Waals surface area contributed by atoms with Gasteiger partial charge in [0, 0.05) is 6.26 Å². The maximum atomic E-state index is 13.2. The van der Waals surface area contributed by atoms with E-state index in [1.807, 2.05) is 0 Å². The van der Waals surface area contributed by atoms with Gasteiger partial charge in [-0.25, -0.2) is 12.8 Å². The lowest BCUT2D eigenvalue weighted by Crippen LogP contribution is -2.51. The van der Waals surface area contributed by atoms with Crippen LogP contribution in [0.25, 0.3) is 0 Å². The number of rotatable bonds is 5. The molecule has 5 nitrogen and oxygen atoms in total. The van der Waals surface area contributed by atoms with E-state index < -0.39 is 42.6 Å². The number of hydrogen-bond acceptors (Lipinski definition) is 4. The molecule has 0 rings (SSSR count). The van der Waals surface area contributed by atoms with Crippen molar-refractivity contribution in [2.45, 2.75) is 29.5 Å². The molecule has 0 aromatic rings. The van der Waals surface area contributed by atoms with E-state index in [2.05, 4.69) is 0 Å². The van der Waals surface area contributed by atoms with Crippen molar-refractivity contribution in [1.29, 1.82) is 0 Å². The first-order valence-corrected chi connectivity index (χ1v) is 7.40. The fourth-order valence-electron chi connectivity index (χ4n) is 0.862. The van der Waals surface area contributed by atoms with Crippen LogP contribution in [0.1, 0.15) is 13.3 Å². The molecule has 110 valence electrons. The molecular formula is C6H9F5O5S2. The maximum Gasteiger partial charge on any atom is 0.406 e. The molecule has 1 N–H and O–H groups in total. The van der Waals surface area contributed by atoms with Crippen LogP contribution in [0.3, 0.4) is 0 Å². The summed E-state index contributed by atoms with van der Waals surface area (Å²) in [5, 5.41) is -9.79. The number of hydrogen-bond donors (Lipinski definition) is 1. The van der Waals surface area contributed by atoms with Crippen LogP contribution in [0.2, 0.25) is 0 Å². The first-order chi connectivity index (χ1) is 7.46. The average molecular weight is 320 g/mol. The van der Waals surface area contributed by atoms with Crippen molar-refractivity contribution < 1.29 is 43.3 Å². The zero-order valence-corrected chi connectivity index (χ0v) is 10.6. The van der Waals surface area contributed by atoms with Gasteiger partial charge in [0.2, 0.25) is 14.8 Å². The first kappa shape index (κ1) is 17.5. The minimum Gasteiger partial charge on any atom is -0.283 e. The normalized spacial score (nSPS) is 18.4. The third-order valence-corrected chi connectivity index (χ3v) is 4.42. The lowest BCUT2D eigenvalue weighted by molar-refractivity contribution is -0.171. The van der Waals surface area contributed by atoms with Gasteiger partial charge in [-0.05, 0) is 6.92 Å². The van der Waals surface area contributed by atoms with Gasteiger partial charge in [0.1, 0.15) is 0 Å². The molecule has 0 aromatic carbocycles. The minimum atomic E-state index is -5.72. The van der Waals surface area contributed by atoms with Crippen LogP contribution in [0, 0.1) is 0 Å². The van der Waals surface area contributed by atoms with Gasteiger partial charge in [0.05, 0.1) is 6.42 Å². The van der Waals surface area contributed by atoms with E-state index in [9.17, 15) is 38.8 Å². The van der Waals surface area contributed by atoms with Gasteiger partial charge in [-0.3, -0.25) is 4.55 Å². The highest BCUT2D eigenvalue weighted by Crippen LogP contribution is 2.45. The van der Waals surface area contributed by atoms with Crippen LogP contribution in [-0.4, -0.2) is 43.8 Å². The molecule has 12 heteroatoms. The second kappa shape index (κ2) is 4.27. The second-order valence-electron chi connectivity index (χ2n) is 3.75. The van der Waals surface area contributed by atoms with E-state index in [-0.39, 0.29) is 13.2 Å². The number of alkyl halides is 5. The summed E-state index contributed by atoms with van der Waals surface area (Å²) >= 11 is 0. The van der Waals surface area contributed by atoms with E-state index in [1.54, 1.807) is 0 Å². The van der Waals surface area contributed by atoms with Gasteiger partial charge in [-0.15, -0.1) is 0 Å². The van der Waals surface area contributed by atoms with Crippen LogP contribution >= 0.6 is 0 Å². The van der Waals surface area contributed by atoms with Gasteiger partial charge in [0.15, 0.2) is 0 Å². The molecule has 0 saturated carbocycles. The Hall–Kier alpha value is -0.490. The highest BCUT2D eigenvalue weighted by atomic mass is 32.2. The third-order valence-electron chi connectivity index (χ3n) is 1.97. The molecule has 0 aromatic heterocycles. The van der Waals surface area contributed by atoms with Crippen molar-refractivity contribution in [3.8, 4) is 0 Å². The topological polar surface area (TPSA) is 88.5 Å². The molecule has 18 heavy (non-hydrogen) atoms. The van der Waals surface area contributed by atoms with Gasteiger partial charge in [0.25, 0.3) is 10.1 Å². The summed E-state index contributed by atoms with van der Waals surface area (Å²) < 4.78 is 115. The van der Waals surface area contributed by atoms with E-state index in [0.29, 0.717) is 0 Å². The number of halogens is 5. The summed E-state index contributed by atoms with van der Waals surface area (Å²) in [5.41, 5.74) is 0. The van der Waals surface area contributed by atoms with E-state index >= 15 is 0 Å². The van der Waals surface area contributed by atoms with Crippen molar-refractivity contribution in [1.82, 2.24) is 0 Å². The zero-order chi connectivity index (χ0) is 15.2. The third kappa shape index (κ3) is 3.09. The Balaban J connectivity index is 5.61. The van der Waals surface area contributed by atoms with Gasteiger partial charge >= 0.3 is 11.2 Å². The summed E-state index contributed by atoms with van der Waals surface area (Å²) in [4.78, 5) is 0. The maximum absolute atomic E-state index is 13.2. The molecule has 0 aliphatic heterocycles. The van der Waals surface area contributed by atoms with Crippen LogP contribution in [-0.2, 0) is 20.0 Å². The highest BCUT2D eigenvalue weighted by Gasteiger charge is 2.67. The lowest BCUT2D eigenvalue weighted by atomic mass is 10.2. The first-order valence-electron chi connectivity index (χ1n) is 4.07. The van der Waals surface area contributed by atoms with Crippen LogP contribution in [0.15, 0.2) is 0 Å². The molecule has 0 saturated heterocycles. The Bertz CT molecular complexity index is 521. The molecule has 0 fully saturated rings. The molecule has 0 amide bonds. The fourth-order valence-corrected chi connectivity index (χ4v) is 1.84. The minimum absolute atomic E-state index is 0.0887. The Morgan fingerprint density at radius 3 is 1.56 bits per heavy atom. The van der Waals surface area contributed by atoms with E-state index in [1.165, 1.54) is 0 Å². The summed E-state index contributed by atoms with van der Waals surface area (Å²) in [7, 11) is -11.3. The van der Waals surface area contributed by atoms with E-state index in [4.69, 9.17) is 4.55 Å². The molecule has 0 bridgehead atoms. The number of sulfone groups is 1. The van der Waals surface area contributed by atoms with Crippen LogP contribution in [0.4, 0.5) is 22.0 Å². The second-order valence-corrected chi connectivity index (χ2v) is 7.61. The summed E-state index contributed by atoms with van der Waals surface area (Å²) in [6.45, 7) is -0.0887. The molecule has 0 heterocycles.